The van der Waals surface area contributed by atoms with Crippen molar-refractivity contribution in [2.75, 3.05) is 13.2 Å². The van der Waals surface area contributed by atoms with Crippen molar-refractivity contribution in [3.05, 3.63) is 47.2 Å². The molecule has 56 heavy (non-hydrogen) atoms. The first-order valence-electron chi connectivity index (χ1n) is 19.5. The van der Waals surface area contributed by atoms with Gasteiger partial charge in [0.15, 0.2) is 11.6 Å². The molecule has 0 bridgehead atoms. The molecule has 3 fully saturated rings. The number of nitrogens with one attached hydrogen (secondary N) is 3. The molecule has 4 amide bonds. The first kappa shape index (κ1) is 39.9. The number of nitrogens with zero attached hydrogens (tertiary/aromatic N) is 2. The fraction of sp³-hybridized carbons (Fsp3) is 0.625. The molecule has 7 rings (SSSR count). The van der Waals surface area contributed by atoms with E-state index in [4.69, 9.17) is 9.47 Å². The number of carbonyl (C=O) groups excluding carboxylic acids is 4. The van der Waals surface area contributed by atoms with Gasteiger partial charge >= 0.3 is 6.09 Å². The lowest BCUT2D eigenvalue weighted by Crippen LogP contribution is -2.58. The Balaban J connectivity index is 1.23. The molecule has 5 aliphatic rings. The van der Waals surface area contributed by atoms with E-state index in [1.807, 2.05) is 32.9 Å². The Kier molecular flexibility index (Phi) is 10.1. The maximum Gasteiger partial charge on any atom is 0.407 e. The summed E-state index contributed by atoms with van der Waals surface area (Å²) < 4.78 is 68.4. The van der Waals surface area contributed by atoms with Crippen molar-refractivity contribution in [1.29, 1.82) is 0 Å². The van der Waals surface area contributed by atoms with Crippen LogP contribution in [0.5, 0.6) is 5.75 Å². The van der Waals surface area contributed by atoms with Gasteiger partial charge in [-0.05, 0) is 76.7 Å². The van der Waals surface area contributed by atoms with Crippen LogP contribution in [0.1, 0.15) is 103 Å². The number of allylic oxidation sites excluding steroid dienone is 1. The maximum absolute atomic E-state index is 14.7. The lowest BCUT2D eigenvalue weighted by Gasteiger charge is -2.36. The Morgan fingerprint density at radius 2 is 1.82 bits per heavy atom. The molecule has 2 aliphatic carbocycles. The van der Waals surface area contributed by atoms with Crippen LogP contribution in [0.15, 0.2) is 24.3 Å². The minimum absolute atomic E-state index is 0.00493. The minimum atomic E-state index is -4.03. The van der Waals surface area contributed by atoms with Gasteiger partial charge in [0.1, 0.15) is 29.0 Å². The number of benzene rings is 1. The quantitative estimate of drug-likeness (QED) is 0.351. The van der Waals surface area contributed by atoms with Crippen molar-refractivity contribution >= 4 is 44.7 Å². The summed E-state index contributed by atoms with van der Waals surface area (Å²) in [5.74, 6) is -4.19. The number of rotatable bonds is 5. The monoisotopic (exact) mass is 799 g/mol. The first-order chi connectivity index (χ1) is 26.3. The van der Waals surface area contributed by atoms with Crippen LogP contribution in [-0.2, 0) is 35.6 Å². The van der Waals surface area contributed by atoms with Gasteiger partial charge in [0.05, 0.1) is 29.1 Å². The summed E-state index contributed by atoms with van der Waals surface area (Å²) in [5.41, 5.74) is -1.69. The topological polar surface area (TPSA) is 173 Å². The van der Waals surface area contributed by atoms with E-state index in [1.54, 1.807) is 13.8 Å². The highest BCUT2D eigenvalue weighted by Gasteiger charge is 2.64. The molecule has 1 aromatic heterocycles. The number of carbonyl (C=O) groups is 4. The Morgan fingerprint density at radius 3 is 2.54 bits per heavy atom. The van der Waals surface area contributed by atoms with Crippen molar-refractivity contribution in [2.45, 2.75) is 133 Å². The van der Waals surface area contributed by atoms with Crippen LogP contribution < -0.4 is 20.1 Å². The van der Waals surface area contributed by atoms with Gasteiger partial charge in [-0.2, -0.15) is 0 Å². The van der Waals surface area contributed by atoms with Gasteiger partial charge in [-0.25, -0.2) is 27.0 Å². The number of sulfonamides is 1. The predicted octanol–water partition coefficient (Wildman–Crippen LogP) is 5.02. The van der Waals surface area contributed by atoms with E-state index in [1.165, 1.54) is 4.90 Å². The number of fused-ring (bicyclic) bond motifs is 5. The third-order valence-electron chi connectivity index (χ3n) is 11.9. The molecule has 3 aliphatic heterocycles. The number of pyridine rings is 1. The molecule has 5 atom stereocenters. The van der Waals surface area contributed by atoms with Gasteiger partial charge in [-0.3, -0.25) is 19.1 Å². The SMILES string of the molecule is Cc1nc2cc(F)c(F)cc2c2c1O[C@]1(CC2)C[C@H]2C(=O)N[C@]3(C(=O)NS(=O)(=O)C4(C)CC4)C[C@H]3/C=C\CCCCC[C@H](NC(=O)OCC(C)(C)C)C(=O)N2C1. The van der Waals surface area contributed by atoms with Crippen molar-refractivity contribution in [3.8, 4) is 5.75 Å². The van der Waals surface area contributed by atoms with Crippen LogP contribution in [0.4, 0.5) is 13.6 Å². The number of ether oxygens (including phenoxy) is 2. The van der Waals surface area contributed by atoms with E-state index < -0.39 is 79.4 Å². The van der Waals surface area contributed by atoms with Gasteiger partial charge < -0.3 is 25.0 Å². The fourth-order valence-corrected chi connectivity index (χ4v) is 9.46. The highest BCUT2D eigenvalue weighted by Crippen LogP contribution is 2.49. The van der Waals surface area contributed by atoms with Gasteiger partial charge in [-0.1, -0.05) is 45.8 Å². The Bertz CT molecular complexity index is 2120. The number of amides is 4. The lowest BCUT2D eigenvalue weighted by atomic mass is 9.87. The summed E-state index contributed by atoms with van der Waals surface area (Å²) in [6, 6.07) is -0.0989. The van der Waals surface area contributed by atoms with Gasteiger partial charge in [0.25, 0.3) is 5.91 Å². The van der Waals surface area contributed by atoms with E-state index in [-0.39, 0.29) is 43.3 Å². The van der Waals surface area contributed by atoms with Crippen LogP contribution in [0.2, 0.25) is 0 Å². The van der Waals surface area contributed by atoms with E-state index >= 15 is 0 Å². The van der Waals surface area contributed by atoms with Gasteiger partial charge in [0, 0.05) is 29.4 Å². The maximum atomic E-state index is 14.7. The van der Waals surface area contributed by atoms with Crippen molar-refractivity contribution < 1.29 is 45.9 Å². The van der Waals surface area contributed by atoms with Crippen LogP contribution in [0.25, 0.3) is 10.9 Å². The van der Waals surface area contributed by atoms with Gasteiger partial charge in [-0.15, -0.1) is 0 Å². The number of halogens is 2. The molecule has 3 N–H and O–H groups in total. The Morgan fingerprint density at radius 1 is 1.09 bits per heavy atom. The zero-order valence-corrected chi connectivity index (χ0v) is 33.4. The minimum Gasteiger partial charge on any atom is -0.483 e. The third kappa shape index (κ3) is 7.69. The summed E-state index contributed by atoms with van der Waals surface area (Å²) in [6.07, 6.45) is 7.66. The molecule has 13 nitrogen and oxygen atoms in total. The summed E-state index contributed by atoms with van der Waals surface area (Å²) >= 11 is 0. The van der Waals surface area contributed by atoms with Gasteiger partial charge in [0.2, 0.25) is 21.8 Å². The Hall–Kier alpha value is -4.34. The summed E-state index contributed by atoms with van der Waals surface area (Å²) in [5, 5.41) is 6.03. The molecule has 4 heterocycles. The van der Waals surface area contributed by atoms with Crippen LogP contribution >= 0.6 is 0 Å². The molecule has 1 saturated heterocycles. The molecular weight excluding hydrogens is 749 g/mol. The van der Waals surface area contributed by atoms with Crippen LogP contribution in [0.3, 0.4) is 0 Å². The average molecular weight is 800 g/mol. The molecule has 1 aromatic carbocycles. The first-order valence-corrected chi connectivity index (χ1v) is 21.0. The normalized spacial score (nSPS) is 29.4. The molecule has 1 spiro atoms. The average Bonchev–Trinajstić information content (AvgIpc) is 4.01. The second-order valence-electron chi connectivity index (χ2n) is 17.8. The largest absolute Gasteiger partial charge is 0.483 e. The van der Waals surface area contributed by atoms with Crippen LogP contribution in [0, 0.1) is 29.9 Å². The van der Waals surface area contributed by atoms with E-state index in [9.17, 15) is 36.4 Å². The summed E-state index contributed by atoms with van der Waals surface area (Å²) in [4.78, 5) is 62.2. The second-order valence-corrected chi connectivity index (χ2v) is 20.0. The Labute approximate surface area is 325 Å². The number of hydrogen-bond donors (Lipinski definition) is 3. The number of aromatic nitrogens is 1. The molecular formula is C40H51F2N5O8S. The fourth-order valence-electron chi connectivity index (χ4n) is 8.15. The zero-order valence-electron chi connectivity index (χ0n) is 32.6. The highest BCUT2D eigenvalue weighted by atomic mass is 32.2. The second kappa shape index (κ2) is 14.2. The van der Waals surface area contributed by atoms with E-state index in [0.717, 1.165) is 25.0 Å². The molecule has 2 saturated carbocycles. The molecule has 0 unspecified atom stereocenters. The molecule has 2 aromatic rings. The van der Waals surface area contributed by atoms with Crippen molar-refractivity contribution in [3.63, 3.8) is 0 Å². The molecule has 16 heteroatoms. The van der Waals surface area contributed by atoms with Crippen molar-refractivity contribution in [1.82, 2.24) is 25.2 Å². The zero-order chi connectivity index (χ0) is 40.4. The standard InChI is InChI=1S/C40H51F2N5O8S/c1-23-32-25(26-17-27(41)28(42)18-30(26)43-23)13-14-39(55-32)20-31-33(48)45-40(35(50)46-56(52,53)38(5)15-16-38)19-24(40)11-9-7-6-8-10-12-29(34(49)47(31)21-39)44-36(51)54-22-37(2,3)4/h9,11,17-18,24,29,31H,6-8,10,12-16,19-22H2,1-5H3,(H,44,51)(H,45,48)(H,46,50)/b11-9-/t24-,29+,31+,39-,40-/m1/s1. The van der Waals surface area contributed by atoms with Crippen LogP contribution in [-0.4, -0.2) is 83.2 Å². The molecule has 0 radical (unpaired) electrons. The van der Waals surface area contributed by atoms with Crippen molar-refractivity contribution in [2.24, 2.45) is 11.3 Å². The number of hydrogen-bond acceptors (Lipinski definition) is 9. The number of alkyl carbamates (subject to hydrolysis) is 1. The number of aryl methyl sites for hydroxylation is 2. The summed E-state index contributed by atoms with van der Waals surface area (Å²) in [6.45, 7) is 9.03. The molecule has 304 valence electrons. The third-order valence-corrected chi connectivity index (χ3v) is 14.1. The highest BCUT2D eigenvalue weighted by molar-refractivity contribution is 7.91. The van der Waals surface area contributed by atoms with E-state index in [0.29, 0.717) is 60.9 Å². The predicted molar refractivity (Wildman–Crippen MR) is 202 cm³/mol. The summed E-state index contributed by atoms with van der Waals surface area (Å²) in [7, 11) is -4.03. The lowest BCUT2D eigenvalue weighted by molar-refractivity contribution is -0.141. The smallest absolute Gasteiger partial charge is 0.407 e. The van der Waals surface area contributed by atoms with E-state index in [2.05, 4.69) is 20.3 Å².